The van der Waals surface area contributed by atoms with Crippen LogP contribution in [0, 0.1) is 5.92 Å². The van der Waals surface area contributed by atoms with Crippen LogP contribution < -0.4 is 4.74 Å². The molecular formula is C29H30Cl2N4O2. The molecule has 1 fully saturated rings. The van der Waals surface area contributed by atoms with Crippen molar-refractivity contribution in [3.63, 3.8) is 0 Å². The monoisotopic (exact) mass is 536 g/mol. The Labute approximate surface area is 226 Å². The largest absolute Gasteiger partial charge is 0.486 e. The SMILES string of the molecule is CC(Oc1ccc2[nH]nc(/C=C/c3ccc(CN4CCC(CO)CC4)cc3)c2c1)c1c(Cl)cncc1Cl. The van der Waals surface area contributed by atoms with Gasteiger partial charge in [-0.1, -0.05) is 53.5 Å². The van der Waals surface area contributed by atoms with E-state index in [1.807, 2.05) is 31.2 Å². The average Bonchev–Trinajstić information content (AvgIpc) is 3.31. The van der Waals surface area contributed by atoms with E-state index in [4.69, 9.17) is 27.9 Å². The number of fused-ring (bicyclic) bond motifs is 1. The van der Waals surface area contributed by atoms with Gasteiger partial charge in [-0.3, -0.25) is 15.0 Å². The molecular weight excluding hydrogens is 507 g/mol. The summed E-state index contributed by atoms with van der Waals surface area (Å²) in [5.74, 6) is 1.17. The van der Waals surface area contributed by atoms with E-state index in [0.29, 0.717) is 33.9 Å². The maximum absolute atomic E-state index is 9.34. The van der Waals surface area contributed by atoms with Gasteiger partial charge in [0.2, 0.25) is 0 Å². The van der Waals surface area contributed by atoms with Crippen molar-refractivity contribution in [2.24, 2.45) is 5.92 Å². The summed E-state index contributed by atoms with van der Waals surface area (Å²) in [5.41, 5.74) is 4.89. The molecule has 0 radical (unpaired) electrons. The number of hydrogen-bond donors (Lipinski definition) is 2. The Balaban J connectivity index is 1.26. The van der Waals surface area contributed by atoms with E-state index in [0.717, 1.165) is 54.6 Å². The van der Waals surface area contributed by atoms with Crippen LogP contribution in [0.15, 0.2) is 54.9 Å². The van der Waals surface area contributed by atoms with E-state index in [-0.39, 0.29) is 6.10 Å². The van der Waals surface area contributed by atoms with E-state index in [9.17, 15) is 5.11 Å². The van der Waals surface area contributed by atoms with Gasteiger partial charge in [-0.05, 0) is 74.2 Å². The van der Waals surface area contributed by atoms with E-state index in [1.165, 1.54) is 5.56 Å². The number of pyridine rings is 1. The summed E-state index contributed by atoms with van der Waals surface area (Å²) in [5, 5.41) is 18.8. The molecule has 8 heteroatoms. The third kappa shape index (κ3) is 6.16. The Morgan fingerprint density at radius 2 is 1.81 bits per heavy atom. The Hall–Kier alpha value is -2.90. The van der Waals surface area contributed by atoms with Crippen molar-refractivity contribution in [2.75, 3.05) is 19.7 Å². The molecule has 2 aromatic heterocycles. The molecule has 3 heterocycles. The van der Waals surface area contributed by atoms with Gasteiger partial charge in [0.15, 0.2) is 0 Å². The first-order valence-electron chi connectivity index (χ1n) is 12.5. The van der Waals surface area contributed by atoms with Crippen molar-refractivity contribution >= 4 is 46.3 Å². The molecule has 6 nitrogen and oxygen atoms in total. The van der Waals surface area contributed by atoms with Gasteiger partial charge < -0.3 is 9.84 Å². The van der Waals surface area contributed by atoms with Gasteiger partial charge >= 0.3 is 0 Å². The molecule has 1 atom stereocenters. The smallest absolute Gasteiger partial charge is 0.124 e. The molecule has 37 heavy (non-hydrogen) atoms. The highest BCUT2D eigenvalue weighted by Crippen LogP contribution is 2.33. The number of aromatic amines is 1. The molecule has 0 saturated carbocycles. The van der Waals surface area contributed by atoms with E-state index in [2.05, 4.69) is 50.4 Å². The number of aliphatic hydroxyl groups excluding tert-OH is 1. The number of likely N-dealkylation sites (tertiary alicyclic amines) is 1. The predicted molar refractivity (Wildman–Crippen MR) is 150 cm³/mol. The Kier molecular flexibility index (Phi) is 8.11. The van der Waals surface area contributed by atoms with E-state index in [1.54, 1.807) is 12.4 Å². The van der Waals surface area contributed by atoms with Crippen molar-refractivity contribution in [3.05, 3.63) is 87.3 Å². The lowest BCUT2D eigenvalue weighted by Crippen LogP contribution is -2.34. The number of halogens is 2. The summed E-state index contributed by atoms with van der Waals surface area (Å²) < 4.78 is 6.17. The summed E-state index contributed by atoms with van der Waals surface area (Å²) in [6.07, 6.45) is 9.02. The van der Waals surface area contributed by atoms with Crippen molar-refractivity contribution in [3.8, 4) is 5.75 Å². The third-order valence-electron chi connectivity index (χ3n) is 6.96. The lowest BCUT2D eigenvalue weighted by atomic mass is 9.97. The number of piperidine rings is 1. The molecule has 1 aliphatic heterocycles. The standard InChI is InChI=1S/C29H30Cl2N4O2/c1-19(29-25(30)15-32-16-26(29)31)37-23-7-9-28-24(14-23)27(33-34-28)8-6-20-2-4-21(5-3-20)17-35-12-10-22(18-36)11-13-35/h2-9,14-16,19,22,36H,10-13,17-18H2,1H3,(H,33,34)/b8-6+. The molecule has 1 aliphatic rings. The number of aliphatic hydroxyl groups is 1. The predicted octanol–water partition coefficient (Wildman–Crippen LogP) is 6.78. The van der Waals surface area contributed by atoms with Crippen LogP contribution in [0.1, 0.15) is 48.3 Å². The normalized spacial score (nSPS) is 16.0. The zero-order chi connectivity index (χ0) is 25.8. The van der Waals surface area contributed by atoms with Crippen molar-refractivity contribution in [1.29, 1.82) is 0 Å². The molecule has 192 valence electrons. The summed E-state index contributed by atoms with van der Waals surface area (Å²) in [7, 11) is 0. The second kappa shape index (κ2) is 11.7. The van der Waals surface area contributed by atoms with Crippen LogP contribution in [0.25, 0.3) is 23.1 Å². The molecule has 2 N–H and O–H groups in total. The third-order valence-corrected chi connectivity index (χ3v) is 7.56. The molecule has 0 amide bonds. The minimum atomic E-state index is -0.342. The minimum absolute atomic E-state index is 0.308. The summed E-state index contributed by atoms with van der Waals surface area (Å²) >= 11 is 12.6. The van der Waals surface area contributed by atoms with Gasteiger partial charge in [0.1, 0.15) is 11.9 Å². The number of ether oxygens (including phenoxy) is 1. The summed E-state index contributed by atoms with van der Waals surface area (Å²) in [6, 6.07) is 14.5. The molecule has 1 unspecified atom stereocenters. The maximum Gasteiger partial charge on any atom is 0.124 e. The van der Waals surface area contributed by atoms with Gasteiger partial charge in [-0.2, -0.15) is 5.10 Å². The van der Waals surface area contributed by atoms with E-state index >= 15 is 0 Å². The second-order valence-electron chi connectivity index (χ2n) is 9.57. The molecule has 1 saturated heterocycles. The molecule has 0 spiro atoms. The Bertz CT molecular complexity index is 1360. The second-order valence-corrected chi connectivity index (χ2v) is 10.4. The van der Waals surface area contributed by atoms with Gasteiger partial charge in [0.25, 0.3) is 0 Å². The lowest BCUT2D eigenvalue weighted by Gasteiger charge is -2.31. The van der Waals surface area contributed by atoms with E-state index < -0.39 is 0 Å². The zero-order valence-corrected chi connectivity index (χ0v) is 22.2. The fraction of sp³-hybridized carbons (Fsp3) is 0.310. The number of benzene rings is 2. The number of aromatic nitrogens is 3. The highest BCUT2D eigenvalue weighted by molar-refractivity contribution is 6.35. The average molecular weight is 537 g/mol. The van der Waals surface area contributed by atoms with Gasteiger partial charge in [0.05, 0.1) is 21.3 Å². The molecule has 2 aromatic carbocycles. The van der Waals surface area contributed by atoms with Crippen LogP contribution in [0.3, 0.4) is 0 Å². The van der Waals surface area contributed by atoms with Crippen LogP contribution in [0.2, 0.25) is 10.0 Å². The topological polar surface area (TPSA) is 74.3 Å². The van der Waals surface area contributed by atoms with Gasteiger partial charge in [-0.15, -0.1) is 0 Å². The van der Waals surface area contributed by atoms with Crippen LogP contribution in [-0.2, 0) is 6.54 Å². The number of nitrogens with zero attached hydrogens (tertiary/aromatic N) is 3. The zero-order valence-electron chi connectivity index (χ0n) is 20.7. The first-order chi connectivity index (χ1) is 18.0. The fourth-order valence-corrected chi connectivity index (χ4v) is 5.45. The molecule has 0 bridgehead atoms. The number of nitrogens with one attached hydrogen (secondary N) is 1. The van der Waals surface area contributed by atoms with Crippen molar-refractivity contribution in [2.45, 2.75) is 32.4 Å². The van der Waals surface area contributed by atoms with Crippen molar-refractivity contribution < 1.29 is 9.84 Å². The Morgan fingerprint density at radius 1 is 1.08 bits per heavy atom. The maximum atomic E-state index is 9.34. The first-order valence-corrected chi connectivity index (χ1v) is 13.3. The van der Waals surface area contributed by atoms with Crippen molar-refractivity contribution in [1.82, 2.24) is 20.1 Å². The lowest BCUT2D eigenvalue weighted by molar-refractivity contribution is 0.127. The number of rotatable bonds is 8. The highest BCUT2D eigenvalue weighted by Gasteiger charge is 2.19. The highest BCUT2D eigenvalue weighted by atomic mass is 35.5. The van der Waals surface area contributed by atoms with Crippen LogP contribution >= 0.6 is 23.2 Å². The summed E-state index contributed by atoms with van der Waals surface area (Å²) in [4.78, 5) is 6.47. The number of hydrogen-bond acceptors (Lipinski definition) is 5. The van der Waals surface area contributed by atoms with Gasteiger partial charge in [-0.25, -0.2) is 0 Å². The van der Waals surface area contributed by atoms with Crippen LogP contribution in [-0.4, -0.2) is 44.9 Å². The molecule has 4 aromatic rings. The van der Waals surface area contributed by atoms with Crippen LogP contribution in [0.4, 0.5) is 0 Å². The Morgan fingerprint density at radius 3 is 2.51 bits per heavy atom. The summed E-state index contributed by atoms with van der Waals surface area (Å²) in [6.45, 7) is 5.26. The fourth-order valence-electron chi connectivity index (χ4n) is 4.78. The van der Waals surface area contributed by atoms with Crippen LogP contribution in [0.5, 0.6) is 5.75 Å². The molecule has 5 rings (SSSR count). The minimum Gasteiger partial charge on any atom is -0.486 e. The number of H-pyrrole nitrogens is 1. The quantitative estimate of drug-likeness (QED) is 0.259. The first kappa shape index (κ1) is 25.7. The van der Waals surface area contributed by atoms with Gasteiger partial charge in [0, 0.05) is 36.5 Å². The molecule has 0 aliphatic carbocycles.